The van der Waals surface area contributed by atoms with E-state index in [-0.39, 0.29) is 65.8 Å². The number of guanidine groups is 1. The second-order valence-electron chi connectivity index (χ2n) is 25.4. The Morgan fingerprint density at radius 1 is 1.04 bits per heavy atom. The van der Waals surface area contributed by atoms with Gasteiger partial charge in [0.2, 0.25) is 5.78 Å². The van der Waals surface area contributed by atoms with E-state index in [9.17, 15) is 5.11 Å². The quantitative estimate of drug-likeness (QED) is 0.0460. The first kappa shape index (κ1) is 54.0. The number of fused-ring (bicyclic) bond motifs is 5. The number of carbonyl (C=O) groups excluding carboxylic acids is 3. The van der Waals surface area contributed by atoms with E-state index in [1.165, 1.54) is 16.7 Å². The molecule has 15 heteroatoms. The van der Waals surface area contributed by atoms with Gasteiger partial charge in [0, 0.05) is 61.9 Å². The Kier molecular flexibility index (Phi) is 14.4. The average Bonchev–Trinajstić information content (AvgIpc) is 1.79. The van der Waals surface area contributed by atoms with Gasteiger partial charge in [0.25, 0.3) is 5.60 Å². The van der Waals surface area contributed by atoms with Crippen LogP contribution in [0.25, 0.3) is 0 Å². The molecule has 2 saturated heterocycles. The first-order valence-electron chi connectivity index (χ1n) is 30.0. The Bertz CT molecular complexity index is 2930. The van der Waals surface area contributed by atoms with Crippen molar-refractivity contribution in [3.05, 3.63) is 129 Å². The van der Waals surface area contributed by atoms with Crippen molar-refractivity contribution >= 4 is 23.5 Å². The summed E-state index contributed by atoms with van der Waals surface area (Å²) in [5, 5.41) is 36.1. The summed E-state index contributed by atoms with van der Waals surface area (Å²) < 4.78 is 14.1. The van der Waals surface area contributed by atoms with E-state index in [1.54, 1.807) is 13.1 Å². The van der Waals surface area contributed by atoms with E-state index >= 15 is 14.4 Å². The number of dihydropyridines is 2. The lowest BCUT2D eigenvalue weighted by Gasteiger charge is -2.59. The summed E-state index contributed by atoms with van der Waals surface area (Å²) >= 11 is 0. The van der Waals surface area contributed by atoms with Crippen molar-refractivity contribution in [1.29, 1.82) is 0 Å². The Labute approximate surface area is 467 Å². The molecule has 1 aromatic carbocycles. The minimum absolute atomic E-state index is 0.00293. The van der Waals surface area contributed by atoms with Gasteiger partial charge in [0.05, 0.1) is 17.9 Å². The van der Waals surface area contributed by atoms with Gasteiger partial charge in [-0.25, -0.2) is 4.79 Å². The monoisotopic (exact) mass is 1080 g/mol. The normalized spacial score (nSPS) is 39.7. The van der Waals surface area contributed by atoms with Gasteiger partial charge in [-0.3, -0.25) is 14.6 Å². The van der Waals surface area contributed by atoms with Gasteiger partial charge < -0.3 is 57.5 Å². The van der Waals surface area contributed by atoms with Gasteiger partial charge in [-0.1, -0.05) is 92.6 Å². The van der Waals surface area contributed by atoms with E-state index < -0.39 is 40.1 Å². The molecule has 1 saturated carbocycles. The Morgan fingerprint density at radius 2 is 1.91 bits per heavy atom. The number of aliphatic imine (C=N–C) groups is 1. The summed E-state index contributed by atoms with van der Waals surface area (Å²) in [5.74, 6) is 0.733. The van der Waals surface area contributed by atoms with Gasteiger partial charge in [0.1, 0.15) is 11.9 Å². The fraction of sp³-hybridized carbons (Fsp3) is 0.594. The maximum Gasteiger partial charge on any atom is 0.350 e. The molecule has 1 spiro atoms. The van der Waals surface area contributed by atoms with E-state index in [2.05, 4.69) is 106 Å². The fourth-order valence-corrected chi connectivity index (χ4v) is 17.0. The van der Waals surface area contributed by atoms with Crippen molar-refractivity contribution in [1.82, 2.24) is 37.2 Å². The SMILES string of the molecule is CCN[C@]12C=C3C=CC[C@@H]4[C@H]3[C@H]3C=C[C@H]4CCC[C@@](C)(CC4=CNC(N)C=C4)Cc4cccc5c4C(=O)[C@]4(O[C@@]4(C/C=C(\C)C[C@]4(C6=CCNC7=C6CC[C@H](NC)N7)CCCNC(=NC)N4)C5=O)C(=O)O[C@H]([C@@H](CCO)CC1)[C@@H]32. The maximum atomic E-state index is 16.3. The fourth-order valence-electron chi connectivity index (χ4n) is 17.0. The van der Waals surface area contributed by atoms with E-state index in [0.717, 1.165) is 99.2 Å². The first-order valence-corrected chi connectivity index (χ1v) is 30.0. The third kappa shape index (κ3) is 9.12. The van der Waals surface area contributed by atoms with Crippen LogP contribution >= 0.6 is 0 Å². The number of likely N-dealkylation sites (N-methyl/N-ethyl adjacent to an activating group) is 1. The summed E-state index contributed by atoms with van der Waals surface area (Å²) in [4.78, 5) is 53.0. The predicted molar refractivity (Wildman–Crippen MR) is 307 cm³/mol. The number of esters is 1. The number of allylic oxidation sites excluding steroid dienone is 7. The second kappa shape index (κ2) is 21.1. The van der Waals surface area contributed by atoms with Gasteiger partial charge in [-0.05, 0) is 173 Å². The predicted octanol–water partition coefficient (Wildman–Crippen LogP) is 6.72. The number of ether oxygens (including phenoxy) is 2. The van der Waals surface area contributed by atoms with Crippen LogP contribution in [0.2, 0.25) is 0 Å². The zero-order valence-electron chi connectivity index (χ0n) is 47.1. The molecule has 5 aliphatic carbocycles. The minimum atomic E-state index is -2.22. The zero-order valence-corrected chi connectivity index (χ0v) is 47.1. The first-order chi connectivity index (χ1) is 38.2. The molecule has 3 fully saturated rings. The smallest absolute Gasteiger partial charge is 0.350 e. The molecule has 1 aromatic rings. The molecule has 0 radical (unpaired) electrons. The number of nitrogens with one attached hydrogen (secondary N) is 7. The van der Waals surface area contributed by atoms with Crippen molar-refractivity contribution in [3.8, 4) is 0 Å². The number of hydrogen-bond donors (Lipinski definition) is 9. The van der Waals surface area contributed by atoms with Crippen LogP contribution in [0.1, 0.15) is 137 Å². The number of aliphatic hydroxyl groups excluding tert-OH is 1. The molecular weight excluding hydrogens is 991 g/mol. The molecule has 422 valence electrons. The minimum Gasteiger partial charge on any atom is -0.459 e. The van der Waals surface area contributed by atoms with Crippen LogP contribution in [0.15, 0.2) is 118 Å². The number of hydrogen-bond acceptors (Lipinski definition) is 13. The molecule has 12 aliphatic rings. The molecule has 6 bridgehead atoms. The van der Waals surface area contributed by atoms with Gasteiger partial charge >= 0.3 is 5.97 Å². The molecule has 14 atom stereocenters. The van der Waals surface area contributed by atoms with E-state index in [1.807, 2.05) is 37.5 Å². The van der Waals surface area contributed by atoms with Crippen LogP contribution in [-0.4, -0.2) is 110 Å². The number of Topliss-reactive ketones (excluding diaryl/α,β-unsaturated/α-hetero) is 2. The molecule has 0 aromatic heterocycles. The molecule has 13 rings (SSSR count). The zero-order chi connectivity index (χ0) is 54.9. The van der Waals surface area contributed by atoms with Crippen LogP contribution < -0.4 is 43.0 Å². The molecular formula is C64H85N9O6. The summed E-state index contributed by atoms with van der Waals surface area (Å²) in [6.45, 7) is 8.62. The number of epoxide rings is 1. The van der Waals surface area contributed by atoms with Crippen LogP contribution in [0.3, 0.4) is 0 Å². The highest BCUT2D eigenvalue weighted by Crippen LogP contribution is 2.62. The van der Waals surface area contributed by atoms with Crippen molar-refractivity contribution in [2.24, 2.45) is 51.6 Å². The largest absolute Gasteiger partial charge is 0.459 e. The number of nitrogens with zero attached hydrogens (tertiary/aromatic N) is 1. The van der Waals surface area contributed by atoms with Crippen LogP contribution in [0.4, 0.5) is 0 Å². The van der Waals surface area contributed by atoms with Crippen molar-refractivity contribution in [2.45, 2.75) is 158 Å². The lowest BCUT2D eigenvalue weighted by atomic mass is 9.49. The van der Waals surface area contributed by atoms with Crippen molar-refractivity contribution in [2.75, 3.05) is 40.3 Å². The van der Waals surface area contributed by atoms with Crippen molar-refractivity contribution < 1.29 is 29.0 Å². The summed E-state index contributed by atoms with van der Waals surface area (Å²) in [5.41, 5.74) is 8.03. The molecule has 1 unspecified atom stereocenters. The number of benzene rings is 1. The lowest BCUT2D eigenvalue weighted by Crippen LogP contribution is -2.65. The molecule has 10 N–H and O–H groups in total. The van der Waals surface area contributed by atoms with Crippen LogP contribution in [0.5, 0.6) is 0 Å². The highest BCUT2D eigenvalue weighted by molar-refractivity contribution is 6.33. The lowest BCUT2D eigenvalue weighted by molar-refractivity contribution is -0.170. The Hall–Kier alpha value is -5.58. The molecule has 0 amide bonds. The summed E-state index contributed by atoms with van der Waals surface area (Å²) in [6.07, 6.45) is 33.0. The van der Waals surface area contributed by atoms with Crippen LogP contribution in [-0.2, 0) is 20.7 Å². The Balaban J connectivity index is 0.973. The van der Waals surface area contributed by atoms with Gasteiger partial charge in [-0.2, -0.15) is 0 Å². The summed E-state index contributed by atoms with van der Waals surface area (Å²) in [6, 6.07) is 5.63. The van der Waals surface area contributed by atoms with Crippen LogP contribution in [0, 0.1) is 40.9 Å². The van der Waals surface area contributed by atoms with Gasteiger partial charge in [0.15, 0.2) is 17.3 Å². The number of nitrogens with two attached hydrogens (primary N) is 1. The Morgan fingerprint density at radius 3 is 2.71 bits per heavy atom. The molecule has 15 nitrogen and oxygen atoms in total. The highest BCUT2D eigenvalue weighted by atomic mass is 16.7. The maximum absolute atomic E-state index is 16.3. The van der Waals surface area contributed by atoms with Crippen molar-refractivity contribution in [3.63, 3.8) is 0 Å². The number of aliphatic hydroxyl groups is 1. The van der Waals surface area contributed by atoms with Gasteiger partial charge in [-0.15, -0.1) is 0 Å². The highest BCUT2D eigenvalue weighted by Gasteiger charge is 2.86. The third-order valence-electron chi connectivity index (χ3n) is 20.6. The molecule has 7 heterocycles. The second-order valence-corrected chi connectivity index (χ2v) is 25.4. The van der Waals surface area contributed by atoms with E-state index in [4.69, 9.17) is 15.2 Å². The number of rotatable bonds is 12. The standard InChI is InChI=1S/C64H85N9O6/c1-6-71-62-28-23-41(25-32-74)54-53(62)46-18-17-40(44-14-7-12-43(36-62)51(44)46)13-9-26-60(3,34-39-16-20-49(65)70-37-39)35-42-11-8-15-47-52(42)56(76)64(58(77)78-54)63(79-64,55(47)75)29-22-38(2)33-61(27-10-30-69-59(67-5)73-61)48-24-31-68-57-45(48)19-21-50(66-4)72-57/h7-8,11-12,15-18,20,22,24,36-37,40-41,44,46,49-51,53-54,66,68,70-72,74H,6,9-10,13-14,19,21,23,25-35,65H2,1-5H3,(H2,67,69,73)/b38-22+/t40-,41-,44+,46-,49?,50-,51+,53-,54-,60+,61+,62+,63+,64+/m1/s1. The summed E-state index contributed by atoms with van der Waals surface area (Å²) in [7, 11) is 3.78. The molecule has 79 heavy (non-hydrogen) atoms. The molecule has 7 aliphatic heterocycles. The van der Waals surface area contributed by atoms with E-state index in [0.29, 0.717) is 56.2 Å². The number of carbonyl (C=O) groups is 3. The average molecular weight is 1080 g/mol. The topological polar surface area (TPSA) is 216 Å². The number of ketones is 2. The third-order valence-corrected chi connectivity index (χ3v) is 20.6.